The Hall–Kier alpha value is -1.94. The van der Waals surface area contributed by atoms with Crippen LogP contribution in [-0.2, 0) is 0 Å². The van der Waals surface area contributed by atoms with Gasteiger partial charge in [-0.05, 0) is 24.0 Å². The van der Waals surface area contributed by atoms with Crippen molar-refractivity contribution in [2.75, 3.05) is 32.7 Å². The Morgan fingerprint density at radius 1 is 1.08 bits per heavy atom. The van der Waals surface area contributed by atoms with Gasteiger partial charge in [0.05, 0.1) is 11.1 Å². The molecule has 0 aliphatic carbocycles. The van der Waals surface area contributed by atoms with Gasteiger partial charge in [0.1, 0.15) is 0 Å². The second-order valence-electron chi connectivity index (χ2n) is 7.75. The topological polar surface area (TPSA) is 36.4 Å². The van der Waals surface area contributed by atoms with Crippen LogP contribution in [0.2, 0.25) is 0 Å². The first-order chi connectivity index (χ1) is 12.0. The summed E-state index contributed by atoms with van der Waals surface area (Å²) < 4.78 is 0. The van der Waals surface area contributed by atoms with Gasteiger partial charge in [-0.1, -0.05) is 45.9 Å². The lowest BCUT2D eigenvalue weighted by Crippen LogP contribution is -2.49. The smallest absolute Gasteiger partial charge is 0.254 e. The number of aromatic nitrogens is 1. The Kier molecular flexibility index (Phi) is 5.38. The summed E-state index contributed by atoms with van der Waals surface area (Å²) in [5.74, 6) is 1.11. The van der Waals surface area contributed by atoms with E-state index >= 15 is 0 Å². The second-order valence-corrected chi connectivity index (χ2v) is 7.75. The maximum absolute atomic E-state index is 13.2. The SMILES string of the molecule is CC(C)CN1CCN(C(=O)c2cc(C(C)C)nc3ccccc23)CC1. The minimum atomic E-state index is 0.143. The first kappa shape index (κ1) is 17.9. The highest BCUT2D eigenvalue weighted by Gasteiger charge is 2.24. The molecule has 1 aliphatic rings. The van der Waals surface area contributed by atoms with E-state index in [1.165, 1.54) is 0 Å². The summed E-state index contributed by atoms with van der Waals surface area (Å²) in [5, 5.41) is 0.960. The molecule has 0 bridgehead atoms. The van der Waals surface area contributed by atoms with Gasteiger partial charge in [0.2, 0.25) is 0 Å². The van der Waals surface area contributed by atoms with Crippen molar-refractivity contribution in [3.8, 4) is 0 Å². The van der Waals surface area contributed by atoms with E-state index in [2.05, 4.69) is 32.6 Å². The van der Waals surface area contributed by atoms with Crippen LogP contribution in [0.15, 0.2) is 30.3 Å². The fourth-order valence-corrected chi connectivity index (χ4v) is 3.49. The van der Waals surface area contributed by atoms with Crippen molar-refractivity contribution in [2.45, 2.75) is 33.6 Å². The quantitative estimate of drug-likeness (QED) is 0.851. The molecule has 134 valence electrons. The molecule has 0 saturated carbocycles. The predicted molar refractivity (Wildman–Crippen MR) is 103 cm³/mol. The molecule has 0 radical (unpaired) electrons. The monoisotopic (exact) mass is 339 g/mol. The molecule has 1 saturated heterocycles. The number of carbonyl (C=O) groups is 1. The molecule has 1 fully saturated rings. The molecule has 0 atom stereocenters. The Balaban J connectivity index is 1.85. The van der Waals surface area contributed by atoms with E-state index in [1.807, 2.05) is 35.2 Å². The number of nitrogens with zero attached hydrogens (tertiary/aromatic N) is 3. The summed E-state index contributed by atoms with van der Waals surface area (Å²) in [7, 11) is 0. The van der Waals surface area contributed by atoms with Crippen LogP contribution >= 0.6 is 0 Å². The average molecular weight is 339 g/mol. The summed E-state index contributed by atoms with van der Waals surface area (Å²) in [6.45, 7) is 13.4. The third-order valence-corrected chi connectivity index (χ3v) is 4.84. The minimum Gasteiger partial charge on any atom is -0.336 e. The maximum atomic E-state index is 13.2. The van der Waals surface area contributed by atoms with Gasteiger partial charge in [-0.25, -0.2) is 0 Å². The zero-order valence-electron chi connectivity index (χ0n) is 15.8. The Morgan fingerprint density at radius 3 is 2.40 bits per heavy atom. The van der Waals surface area contributed by atoms with Crippen LogP contribution in [0, 0.1) is 5.92 Å². The molecule has 2 heterocycles. The fraction of sp³-hybridized carbons (Fsp3) is 0.524. The third-order valence-electron chi connectivity index (χ3n) is 4.84. The van der Waals surface area contributed by atoms with Crippen LogP contribution in [0.25, 0.3) is 10.9 Å². The molecule has 1 aliphatic heterocycles. The van der Waals surface area contributed by atoms with E-state index in [0.717, 1.165) is 54.9 Å². The van der Waals surface area contributed by atoms with Gasteiger partial charge in [-0.15, -0.1) is 0 Å². The summed E-state index contributed by atoms with van der Waals surface area (Å²) >= 11 is 0. The first-order valence-electron chi connectivity index (χ1n) is 9.37. The van der Waals surface area contributed by atoms with Crippen LogP contribution in [0.4, 0.5) is 0 Å². The molecule has 3 rings (SSSR count). The van der Waals surface area contributed by atoms with Crippen molar-refractivity contribution >= 4 is 16.8 Å². The van der Waals surface area contributed by atoms with Crippen molar-refractivity contribution in [1.82, 2.24) is 14.8 Å². The largest absolute Gasteiger partial charge is 0.336 e. The van der Waals surface area contributed by atoms with Gasteiger partial charge in [-0.2, -0.15) is 0 Å². The van der Waals surface area contributed by atoms with Gasteiger partial charge in [0.25, 0.3) is 5.91 Å². The number of amides is 1. The maximum Gasteiger partial charge on any atom is 0.254 e. The van der Waals surface area contributed by atoms with Gasteiger partial charge >= 0.3 is 0 Å². The normalized spacial score (nSPS) is 16.2. The van der Waals surface area contributed by atoms with E-state index in [9.17, 15) is 4.79 Å². The molecule has 2 aromatic rings. The lowest BCUT2D eigenvalue weighted by molar-refractivity contribution is 0.0625. The highest BCUT2D eigenvalue weighted by molar-refractivity contribution is 6.06. The van der Waals surface area contributed by atoms with Crippen molar-refractivity contribution in [3.05, 3.63) is 41.6 Å². The lowest BCUT2D eigenvalue weighted by Gasteiger charge is -2.35. The van der Waals surface area contributed by atoms with Gasteiger partial charge < -0.3 is 4.90 Å². The molecule has 1 aromatic carbocycles. The van der Waals surface area contributed by atoms with Crippen LogP contribution in [-0.4, -0.2) is 53.4 Å². The average Bonchev–Trinajstić information content (AvgIpc) is 2.60. The highest BCUT2D eigenvalue weighted by Crippen LogP contribution is 2.24. The van der Waals surface area contributed by atoms with Gasteiger partial charge in [-0.3, -0.25) is 14.7 Å². The summed E-state index contributed by atoms with van der Waals surface area (Å²) in [5.41, 5.74) is 2.70. The highest BCUT2D eigenvalue weighted by atomic mass is 16.2. The van der Waals surface area contributed by atoms with Crippen molar-refractivity contribution in [2.24, 2.45) is 5.92 Å². The van der Waals surface area contributed by atoms with Crippen LogP contribution in [0.1, 0.15) is 49.7 Å². The molecular formula is C21H29N3O. The van der Waals surface area contributed by atoms with E-state index in [0.29, 0.717) is 11.8 Å². The van der Waals surface area contributed by atoms with Crippen LogP contribution in [0.3, 0.4) is 0 Å². The molecule has 0 N–H and O–H groups in total. The first-order valence-corrected chi connectivity index (χ1v) is 9.37. The zero-order valence-corrected chi connectivity index (χ0v) is 15.8. The van der Waals surface area contributed by atoms with Gasteiger partial charge in [0, 0.05) is 43.8 Å². The molecule has 4 heteroatoms. The molecule has 0 spiro atoms. The van der Waals surface area contributed by atoms with E-state index < -0.39 is 0 Å². The summed E-state index contributed by atoms with van der Waals surface area (Å²) in [6, 6.07) is 9.97. The minimum absolute atomic E-state index is 0.143. The number of fused-ring (bicyclic) bond motifs is 1. The number of carbonyl (C=O) groups excluding carboxylic acids is 1. The predicted octanol–water partition coefficient (Wildman–Crippen LogP) is 3.77. The van der Waals surface area contributed by atoms with Crippen LogP contribution in [0.5, 0.6) is 0 Å². The molecular weight excluding hydrogens is 310 g/mol. The Morgan fingerprint density at radius 2 is 1.76 bits per heavy atom. The second kappa shape index (κ2) is 7.52. The number of para-hydroxylation sites is 1. The number of piperazine rings is 1. The van der Waals surface area contributed by atoms with Crippen molar-refractivity contribution in [1.29, 1.82) is 0 Å². The number of hydrogen-bond acceptors (Lipinski definition) is 3. The molecule has 1 amide bonds. The van der Waals surface area contributed by atoms with Crippen molar-refractivity contribution in [3.63, 3.8) is 0 Å². The lowest BCUT2D eigenvalue weighted by atomic mass is 10.0. The zero-order chi connectivity index (χ0) is 18.0. The van der Waals surface area contributed by atoms with E-state index in [4.69, 9.17) is 4.98 Å². The number of benzene rings is 1. The number of pyridine rings is 1. The third kappa shape index (κ3) is 4.01. The van der Waals surface area contributed by atoms with Crippen molar-refractivity contribution < 1.29 is 4.79 Å². The Bertz CT molecular complexity index is 746. The summed E-state index contributed by atoms with van der Waals surface area (Å²) in [6.07, 6.45) is 0. The van der Waals surface area contributed by atoms with Crippen LogP contribution < -0.4 is 0 Å². The molecule has 25 heavy (non-hydrogen) atoms. The molecule has 0 unspecified atom stereocenters. The summed E-state index contributed by atoms with van der Waals surface area (Å²) in [4.78, 5) is 22.4. The fourth-order valence-electron chi connectivity index (χ4n) is 3.49. The standard InChI is InChI=1S/C21H29N3O/c1-15(2)14-23-9-11-24(12-10-23)21(25)18-13-20(16(3)4)22-19-8-6-5-7-17(18)19/h5-8,13,15-16H,9-12,14H2,1-4H3. The molecule has 1 aromatic heterocycles. The Labute approximate surface area is 150 Å². The number of hydrogen-bond donors (Lipinski definition) is 0. The number of rotatable bonds is 4. The molecule has 4 nitrogen and oxygen atoms in total. The van der Waals surface area contributed by atoms with Gasteiger partial charge in [0.15, 0.2) is 0 Å². The van der Waals surface area contributed by atoms with E-state index in [-0.39, 0.29) is 5.91 Å². The van der Waals surface area contributed by atoms with E-state index in [1.54, 1.807) is 0 Å².